The number of rotatable bonds is 5. The number of halogens is 2. The maximum absolute atomic E-state index is 11.8. The van der Waals surface area contributed by atoms with Crippen LogP contribution in [0.2, 0.25) is 0 Å². The average molecular weight is 480 g/mol. The van der Waals surface area contributed by atoms with Crippen molar-refractivity contribution < 1.29 is 9.59 Å². The van der Waals surface area contributed by atoms with E-state index < -0.39 is 5.54 Å². The van der Waals surface area contributed by atoms with E-state index in [2.05, 4.69) is 42.5 Å². The van der Waals surface area contributed by atoms with Crippen LogP contribution in [0, 0.1) is 0 Å². The van der Waals surface area contributed by atoms with E-state index in [0.29, 0.717) is 5.70 Å². The number of hydrogen-bond donors (Lipinski definition) is 2. The fraction of sp³-hybridized carbons (Fsp3) is 0.200. The smallest absolute Gasteiger partial charge is 0.221 e. The molecule has 136 valence electrons. The van der Waals surface area contributed by atoms with Crippen LogP contribution in [-0.4, -0.2) is 11.8 Å². The zero-order chi connectivity index (χ0) is 19.3. The molecule has 2 aromatic carbocycles. The van der Waals surface area contributed by atoms with Crippen molar-refractivity contribution in [2.24, 2.45) is 0 Å². The minimum absolute atomic E-state index is 0.162. The van der Waals surface area contributed by atoms with Crippen molar-refractivity contribution in [3.63, 3.8) is 0 Å². The third-order valence-electron chi connectivity index (χ3n) is 3.78. The highest BCUT2D eigenvalue weighted by atomic mass is 79.9. The van der Waals surface area contributed by atoms with Gasteiger partial charge >= 0.3 is 0 Å². The summed E-state index contributed by atoms with van der Waals surface area (Å²) in [6.07, 6.45) is 1.86. The highest BCUT2D eigenvalue weighted by molar-refractivity contribution is 9.10. The van der Waals surface area contributed by atoms with Gasteiger partial charge in [0.1, 0.15) is 0 Å². The third-order valence-corrected chi connectivity index (χ3v) is 4.84. The van der Waals surface area contributed by atoms with Gasteiger partial charge in [0.15, 0.2) is 0 Å². The lowest BCUT2D eigenvalue weighted by Crippen LogP contribution is -2.41. The Morgan fingerprint density at radius 2 is 1.38 bits per heavy atom. The normalized spacial score (nSPS) is 13.7. The Morgan fingerprint density at radius 3 is 1.85 bits per heavy atom. The molecule has 0 fully saturated rings. The molecule has 0 spiro atoms. The molecular formula is C20H20Br2N2O2. The molecule has 2 rings (SSSR count). The van der Waals surface area contributed by atoms with E-state index in [0.717, 1.165) is 20.1 Å². The standard InChI is InChI=1S/C20H20Br2N2O2/c1-13(25)23-19(15-4-8-17(21)9-5-15)12-20(3,24-14(2)26)16-6-10-18(22)11-7-16/h4-12H,1-3H3,(H,23,25)(H,24,26)/b19-12-. The summed E-state index contributed by atoms with van der Waals surface area (Å²) in [7, 11) is 0. The topological polar surface area (TPSA) is 58.2 Å². The molecular weight excluding hydrogens is 460 g/mol. The maximum Gasteiger partial charge on any atom is 0.221 e. The van der Waals surface area contributed by atoms with E-state index in [1.54, 1.807) is 0 Å². The quantitative estimate of drug-likeness (QED) is 0.650. The van der Waals surface area contributed by atoms with Gasteiger partial charge in [0.05, 0.1) is 5.54 Å². The molecule has 2 N–H and O–H groups in total. The predicted molar refractivity (Wildman–Crippen MR) is 111 cm³/mol. The van der Waals surface area contributed by atoms with Crippen LogP contribution in [0.25, 0.3) is 5.70 Å². The Bertz CT molecular complexity index is 830. The molecule has 0 saturated carbocycles. The Labute approximate surface area is 170 Å². The minimum Gasteiger partial charge on any atom is -0.344 e. The number of nitrogens with one attached hydrogen (secondary N) is 2. The Balaban J connectivity index is 2.58. The number of carbonyl (C=O) groups excluding carboxylic acids is 2. The first-order valence-corrected chi connectivity index (χ1v) is 9.59. The summed E-state index contributed by atoms with van der Waals surface area (Å²) in [6.45, 7) is 4.84. The lowest BCUT2D eigenvalue weighted by molar-refractivity contribution is -0.120. The second kappa shape index (κ2) is 8.64. The molecule has 2 amide bonds. The van der Waals surface area contributed by atoms with Gasteiger partial charge in [0.25, 0.3) is 0 Å². The maximum atomic E-state index is 11.8. The van der Waals surface area contributed by atoms with Crippen molar-refractivity contribution in [1.29, 1.82) is 0 Å². The molecule has 2 aromatic rings. The summed E-state index contributed by atoms with van der Waals surface area (Å²) in [4.78, 5) is 23.6. The third kappa shape index (κ3) is 5.54. The molecule has 4 nitrogen and oxygen atoms in total. The molecule has 0 aromatic heterocycles. The van der Waals surface area contributed by atoms with Gasteiger partial charge < -0.3 is 10.6 Å². The van der Waals surface area contributed by atoms with Crippen LogP contribution in [0.15, 0.2) is 63.6 Å². The van der Waals surface area contributed by atoms with Crippen LogP contribution < -0.4 is 10.6 Å². The second-order valence-corrected chi connectivity index (χ2v) is 7.97. The van der Waals surface area contributed by atoms with Crippen LogP contribution in [0.5, 0.6) is 0 Å². The zero-order valence-corrected chi connectivity index (χ0v) is 17.9. The monoisotopic (exact) mass is 478 g/mol. The Kier molecular flexibility index (Phi) is 6.78. The van der Waals surface area contributed by atoms with E-state index in [-0.39, 0.29) is 11.8 Å². The fourth-order valence-corrected chi connectivity index (χ4v) is 3.18. The molecule has 0 aliphatic carbocycles. The van der Waals surface area contributed by atoms with Gasteiger partial charge in [-0.15, -0.1) is 0 Å². The Morgan fingerprint density at radius 1 is 0.885 bits per heavy atom. The lowest BCUT2D eigenvalue weighted by Gasteiger charge is -2.29. The fourth-order valence-electron chi connectivity index (χ4n) is 2.65. The molecule has 0 aliphatic heterocycles. The highest BCUT2D eigenvalue weighted by Gasteiger charge is 2.26. The van der Waals surface area contributed by atoms with Crippen molar-refractivity contribution in [2.75, 3.05) is 0 Å². The second-order valence-electron chi connectivity index (χ2n) is 6.14. The summed E-state index contributed by atoms with van der Waals surface area (Å²) in [6, 6.07) is 15.3. The first-order chi connectivity index (χ1) is 12.2. The largest absolute Gasteiger partial charge is 0.344 e. The number of amides is 2. The zero-order valence-electron chi connectivity index (χ0n) is 14.8. The molecule has 0 aliphatic rings. The lowest BCUT2D eigenvalue weighted by atomic mass is 9.89. The first kappa shape index (κ1) is 20.4. The highest BCUT2D eigenvalue weighted by Crippen LogP contribution is 2.28. The molecule has 0 bridgehead atoms. The average Bonchev–Trinajstić information content (AvgIpc) is 2.54. The van der Waals surface area contributed by atoms with Crippen LogP contribution in [0.1, 0.15) is 31.9 Å². The Hall–Kier alpha value is -1.92. The summed E-state index contributed by atoms with van der Waals surface area (Å²) in [5.41, 5.74) is 1.58. The number of carbonyl (C=O) groups is 2. The summed E-state index contributed by atoms with van der Waals surface area (Å²) in [5.74, 6) is -0.343. The predicted octanol–water partition coefficient (Wildman–Crippen LogP) is 4.74. The van der Waals surface area contributed by atoms with E-state index >= 15 is 0 Å². The number of benzene rings is 2. The van der Waals surface area contributed by atoms with E-state index in [1.165, 1.54) is 13.8 Å². The van der Waals surface area contributed by atoms with Crippen molar-refractivity contribution in [3.05, 3.63) is 74.7 Å². The first-order valence-electron chi connectivity index (χ1n) is 8.01. The van der Waals surface area contributed by atoms with Crippen LogP contribution in [0.4, 0.5) is 0 Å². The van der Waals surface area contributed by atoms with Crippen LogP contribution in [-0.2, 0) is 15.1 Å². The molecule has 1 unspecified atom stereocenters. The van der Waals surface area contributed by atoms with Gasteiger partial charge in [-0.2, -0.15) is 0 Å². The molecule has 1 atom stereocenters. The van der Waals surface area contributed by atoms with Crippen molar-refractivity contribution >= 4 is 49.4 Å². The SMILES string of the molecule is CC(=O)N/C(=C\C(C)(NC(C)=O)c1ccc(Br)cc1)c1ccc(Br)cc1. The molecule has 26 heavy (non-hydrogen) atoms. The van der Waals surface area contributed by atoms with Crippen molar-refractivity contribution in [2.45, 2.75) is 26.3 Å². The summed E-state index contributed by atoms with van der Waals surface area (Å²) in [5, 5.41) is 5.86. The van der Waals surface area contributed by atoms with E-state index in [4.69, 9.17) is 0 Å². The van der Waals surface area contributed by atoms with E-state index in [9.17, 15) is 9.59 Å². The molecule has 6 heteroatoms. The van der Waals surface area contributed by atoms with Gasteiger partial charge in [0.2, 0.25) is 11.8 Å². The molecule has 0 radical (unpaired) electrons. The van der Waals surface area contributed by atoms with Crippen LogP contribution >= 0.6 is 31.9 Å². The molecule has 0 saturated heterocycles. The van der Waals surface area contributed by atoms with Gasteiger partial charge in [-0.3, -0.25) is 9.59 Å². The molecule has 0 heterocycles. The van der Waals surface area contributed by atoms with Crippen LogP contribution in [0.3, 0.4) is 0 Å². The number of hydrogen-bond acceptors (Lipinski definition) is 2. The van der Waals surface area contributed by atoms with Gasteiger partial charge in [0, 0.05) is 28.5 Å². The van der Waals surface area contributed by atoms with Gasteiger partial charge in [-0.25, -0.2) is 0 Å². The van der Waals surface area contributed by atoms with Crippen molar-refractivity contribution in [1.82, 2.24) is 10.6 Å². The van der Waals surface area contributed by atoms with Gasteiger partial charge in [-0.05, 0) is 48.4 Å². The summed E-state index contributed by atoms with van der Waals surface area (Å²) < 4.78 is 1.89. The van der Waals surface area contributed by atoms with E-state index in [1.807, 2.05) is 61.5 Å². The minimum atomic E-state index is -0.794. The van der Waals surface area contributed by atoms with Gasteiger partial charge in [-0.1, -0.05) is 56.1 Å². The van der Waals surface area contributed by atoms with Crippen molar-refractivity contribution in [3.8, 4) is 0 Å². The summed E-state index contributed by atoms with van der Waals surface area (Å²) >= 11 is 6.84.